The van der Waals surface area contributed by atoms with E-state index in [0.717, 1.165) is 30.3 Å². The number of rotatable bonds is 8. The van der Waals surface area contributed by atoms with Gasteiger partial charge in [0.05, 0.1) is 24.1 Å². The number of carbonyl (C=O) groups excluding carboxylic acids is 1. The molecule has 39 heavy (non-hydrogen) atoms. The van der Waals surface area contributed by atoms with Crippen LogP contribution in [-0.2, 0) is 9.16 Å². The maximum absolute atomic E-state index is 13.1. The lowest BCUT2D eigenvalue weighted by Gasteiger charge is -2.43. The molecule has 204 valence electrons. The van der Waals surface area contributed by atoms with Crippen LogP contribution in [0.25, 0.3) is 11.1 Å². The molecule has 0 bridgehead atoms. The van der Waals surface area contributed by atoms with Gasteiger partial charge in [-0.15, -0.1) is 0 Å². The van der Waals surface area contributed by atoms with Gasteiger partial charge in [0, 0.05) is 6.61 Å². The Labute approximate surface area is 230 Å². The Kier molecular flexibility index (Phi) is 8.02. The number of carbonyl (C=O) groups is 1. The molecule has 6 nitrogen and oxygen atoms in total. The Morgan fingerprint density at radius 1 is 0.897 bits per heavy atom. The number of fused-ring (bicyclic) bond motifs is 1. The largest absolute Gasteiger partial charge is 0.426 e. The second-order valence-corrected chi connectivity index (χ2v) is 15.7. The van der Waals surface area contributed by atoms with Crippen molar-refractivity contribution in [3.8, 4) is 0 Å². The highest BCUT2D eigenvalue weighted by Gasteiger charge is 2.50. The van der Waals surface area contributed by atoms with Crippen LogP contribution in [0.15, 0.2) is 94.1 Å². The molecular weight excluding hydrogens is 506 g/mol. The van der Waals surface area contributed by atoms with E-state index in [4.69, 9.17) is 13.6 Å². The van der Waals surface area contributed by atoms with Crippen molar-refractivity contribution >= 4 is 35.7 Å². The topological polar surface area (TPSA) is 70.7 Å². The molecule has 1 fully saturated rings. The standard InChI is InChI=1S/C32H37NO5Si/c1-32(2,3)39(26-15-6-4-7-16-26,27-17-8-5-9-18-27)36-22-21-24-13-12-14-25(37-24)23-30(34)33-28-19-10-11-20-29(28)38-31(33)35/h4-11,15-20,24-25H,12-14,21-23H2,1-3H3/t24-,25+/m1/s1. The van der Waals surface area contributed by atoms with Gasteiger partial charge in [0.25, 0.3) is 8.32 Å². The first-order valence-corrected chi connectivity index (χ1v) is 15.7. The minimum Gasteiger partial charge on any atom is -0.407 e. The van der Waals surface area contributed by atoms with Crippen LogP contribution in [0.1, 0.15) is 57.7 Å². The number of benzene rings is 3. The van der Waals surface area contributed by atoms with Crippen LogP contribution in [0.3, 0.4) is 0 Å². The van der Waals surface area contributed by atoms with Crippen LogP contribution < -0.4 is 16.1 Å². The lowest BCUT2D eigenvalue weighted by Crippen LogP contribution is -2.66. The monoisotopic (exact) mass is 543 g/mol. The van der Waals surface area contributed by atoms with Gasteiger partial charge >= 0.3 is 5.76 Å². The molecule has 0 radical (unpaired) electrons. The summed E-state index contributed by atoms with van der Waals surface area (Å²) in [6, 6.07) is 28.3. The molecule has 7 heteroatoms. The molecule has 4 aromatic rings. The number of ether oxygens (including phenoxy) is 1. The zero-order valence-electron chi connectivity index (χ0n) is 23.0. The summed E-state index contributed by atoms with van der Waals surface area (Å²) in [4.78, 5) is 25.4. The van der Waals surface area contributed by atoms with E-state index in [2.05, 4.69) is 69.3 Å². The van der Waals surface area contributed by atoms with Gasteiger partial charge < -0.3 is 13.6 Å². The first kappa shape index (κ1) is 27.3. The fourth-order valence-electron chi connectivity index (χ4n) is 5.94. The van der Waals surface area contributed by atoms with Crippen molar-refractivity contribution in [2.45, 2.75) is 70.1 Å². The lowest BCUT2D eigenvalue weighted by atomic mass is 10.00. The molecule has 0 unspecified atom stereocenters. The molecule has 0 aliphatic carbocycles. The maximum atomic E-state index is 13.1. The third-order valence-electron chi connectivity index (χ3n) is 7.75. The molecular formula is C32H37NO5Si. The van der Waals surface area contributed by atoms with Crippen LogP contribution in [0.4, 0.5) is 0 Å². The Bertz CT molecular complexity index is 1420. The summed E-state index contributed by atoms with van der Waals surface area (Å²) < 4.78 is 19.8. The summed E-state index contributed by atoms with van der Waals surface area (Å²) >= 11 is 0. The molecule has 1 aliphatic rings. The fourth-order valence-corrected chi connectivity index (χ4v) is 10.5. The fraction of sp³-hybridized carbons (Fsp3) is 0.375. The molecule has 0 amide bonds. The van der Waals surface area contributed by atoms with E-state index in [1.165, 1.54) is 10.4 Å². The smallest absolute Gasteiger partial charge is 0.407 e. The van der Waals surface area contributed by atoms with Gasteiger partial charge in [-0.05, 0) is 53.2 Å². The molecule has 2 atom stereocenters. The molecule has 3 aromatic carbocycles. The van der Waals surface area contributed by atoms with Crippen molar-refractivity contribution < 1.29 is 18.4 Å². The zero-order chi connectivity index (χ0) is 27.5. The van der Waals surface area contributed by atoms with Crippen LogP contribution in [0, 0.1) is 0 Å². The molecule has 0 N–H and O–H groups in total. The van der Waals surface area contributed by atoms with E-state index >= 15 is 0 Å². The van der Waals surface area contributed by atoms with E-state index in [0.29, 0.717) is 17.7 Å². The Morgan fingerprint density at radius 2 is 1.49 bits per heavy atom. The van der Waals surface area contributed by atoms with Crippen molar-refractivity contribution in [3.05, 3.63) is 95.5 Å². The van der Waals surface area contributed by atoms with Gasteiger partial charge in [-0.2, -0.15) is 0 Å². The number of para-hydroxylation sites is 2. The van der Waals surface area contributed by atoms with E-state index in [9.17, 15) is 9.59 Å². The summed E-state index contributed by atoms with van der Waals surface area (Å²) in [6.45, 7) is 7.41. The second-order valence-electron chi connectivity index (χ2n) is 11.4. The second kappa shape index (κ2) is 11.5. The summed E-state index contributed by atoms with van der Waals surface area (Å²) in [5, 5.41) is 2.43. The highest BCUT2D eigenvalue weighted by atomic mass is 28.4. The maximum Gasteiger partial charge on any atom is 0.426 e. The normalized spacial score (nSPS) is 18.3. The van der Waals surface area contributed by atoms with Crippen LogP contribution in [0.2, 0.25) is 5.04 Å². The van der Waals surface area contributed by atoms with Gasteiger partial charge in [0.1, 0.15) is 0 Å². The summed E-state index contributed by atoms with van der Waals surface area (Å²) in [5.74, 6) is -0.938. The highest BCUT2D eigenvalue weighted by Crippen LogP contribution is 2.37. The van der Waals surface area contributed by atoms with Crippen LogP contribution >= 0.6 is 0 Å². The van der Waals surface area contributed by atoms with E-state index in [1.807, 2.05) is 12.1 Å². The Morgan fingerprint density at radius 3 is 2.13 bits per heavy atom. The van der Waals surface area contributed by atoms with Gasteiger partial charge in [0.2, 0.25) is 5.91 Å². The Hall–Kier alpha value is -3.26. The Balaban J connectivity index is 1.28. The zero-order valence-corrected chi connectivity index (χ0v) is 24.0. The molecule has 1 saturated heterocycles. The van der Waals surface area contributed by atoms with E-state index < -0.39 is 14.1 Å². The van der Waals surface area contributed by atoms with Crippen LogP contribution in [0.5, 0.6) is 0 Å². The number of hydrogen-bond donors (Lipinski definition) is 0. The number of oxazole rings is 1. The lowest BCUT2D eigenvalue weighted by molar-refractivity contribution is -0.0575. The SMILES string of the molecule is CC(C)(C)[Si](OCC[C@H]1CCC[C@@H](CC(=O)n2c(=O)oc3ccccc32)O1)(c1ccccc1)c1ccccc1. The summed E-state index contributed by atoms with van der Waals surface area (Å²) in [7, 11) is -2.60. The summed E-state index contributed by atoms with van der Waals surface area (Å²) in [6.07, 6.45) is 3.38. The first-order valence-electron chi connectivity index (χ1n) is 13.8. The van der Waals surface area contributed by atoms with Gasteiger partial charge in [-0.25, -0.2) is 9.36 Å². The van der Waals surface area contributed by atoms with Crippen molar-refractivity contribution in [1.29, 1.82) is 0 Å². The van der Waals surface area contributed by atoms with Crippen molar-refractivity contribution in [2.24, 2.45) is 0 Å². The van der Waals surface area contributed by atoms with E-state index in [1.54, 1.807) is 24.3 Å². The molecule has 2 heterocycles. The number of nitrogens with zero attached hydrogens (tertiary/aromatic N) is 1. The molecule has 5 rings (SSSR count). The number of aromatic nitrogens is 1. The van der Waals surface area contributed by atoms with Crippen molar-refractivity contribution in [2.75, 3.05) is 6.61 Å². The van der Waals surface area contributed by atoms with Crippen LogP contribution in [-0.4, -0.2) is 37.6 Å². The minimum atomic E-state index is -2.60. The summed E-state index contributed by atoms with van der Waals surface area (Å²) in [5.41, 5.74) is 0.914. The first-order chi connectivity index (χ1) is 18.8. The van der Waals surface area contributed by atoms with E-state index in [-0.39, 0.29) is 29.6 Å². The predicted octanol–water partition coefficient (Wildman–Crippen LogP) is 5.53. The van der Waals surface area contributed by atoms with Gasteiger partial charge in [0.15, 0.2) is 5.58 Å². The van der Waals surface area contributed by atoms with Gasteiger partial charge in [-0.3, -0.25) is 4.79 Å². The highest BCUT2D eigenvalue weighted by molar-refractivity contribution is 6.99. The quantitative estimate of drug-likeness (QED) is 0.273. The number of hydrogen-bond acceptors (Lipinski definition) is 5. The van der Waals surface area contributed by atoms with Crippen molar-refractivity contribution in [3.63, 3.8) is 0 Å². The minimum absolute atomic E-state index is 0.00702. The average Bonchev–Trinajstić information content (AvgIpc) is 3.27. The molecule has 1 aromatic heterocycles. The van der Waals surface area contributed by atoms with Gasteiger partial charge in [-0.1, -0.05) is 93.6 Å². The molecule has 0 spiro atoms. The van der Waals surface area contributed by atoms with Crippen molar-refractivity contribution in [1.82, 2.24) is 4.57 Å². The molecule has 0 saturated carbocycles. The third-order valence-corrected chi connectivity index (χ3v) is 12.8. The third kappa shape index (κ3) is 5.57. The predicted molar refractivity (Wildman–Crippen MR) is 156 cm³/mol. The average molecular weight is 544 g/mol. The molecule has 1 aliphatic heterocycles.